The lowest BCUT2D eigenvalue weighted by molar-refractivity contribution is 0.353. The summed E-state index contributed by atoms with van der Waals surface area (Å²) in [6, 6.07) is 0. The Kier molecular flexibility index (Phi) is 2.57. The molecule has 0 atom stereocenters. The van der Waals surface area contributed by atoms with Crippen LogP contribution in [0, 0.1) is 4.91 Å². The second-order valence-corrected chi connectivity index (χ2v) is 2.68. The fourth-order valence-corrected chi connectivity index (χ4v) is 1.18. The van der Waals surface area contributed by atoms with Gasteiger partial charge in [0.05, 0.1) is 0 Å². The molecule has 10 heavy (non-hydrogen) atoms. The maximum atomic E-state index is 9.87. The van der Waals surface area contributed by atoms with Gasteiger partial charge in [-0.05, 0) is 19.0 Å². The van der Waals surface area contributed by atoms with Crippen LogP contribution in [0.5, 0.6) is 0 Å². The first-order valence-electron chi connectivity index (χ1n) is 3.48. The minimum absolute atomic E-state index is 0.365. The Bertz CT molecular complexity index is 154. The molecule has 3 nitrogen and oxygen atoms in total. The fraction of sp³-hybridized carbons (Fsp3) is 0.714. The molecule has 1 aliphatic heterocycles. The van der Waals surface area contributed by atoms with E-state index >= 15 is 0 Å². The summed E-state index contributed by atoms with van der Waals surface area (Å²) in [6.45, 7) is 2.37. The molecule has 56 valence electrons. The SMILES string of the molecule is CN1CCC=C(CN=O)C1. The lowest BCUT2D eigenvalue weighted by atomic mass is 10.1. The fourth-order valence-electron chi connectivity index (χ4n) is 1.18. The largest absolute Gasteiger partial charge is 0.302 e. The summed E-state index contributed by atoms with van der Waals surface area (Å²) in [4.78, 5) is 12.1. The number of nitroso groups, excluding NO2 is 1. The minimum Gasteiger partial charge on any atom is -0.302 e. The van der Waals surface area contributed by atoms with Crippen LogP contribution in [0.25, 0.3) is 0 Å². The number of likely N-dealkylation sites (N-methyl/N-ethyl adjacent to an activating group) is 1. The van der Waals surface area contributed by atoms with Gasteiger partial charge in [-0.2, -0.15) is 4.91 Å². The Labute approximate surface area is 60.7 Å². The molecule has 0 saturated carbocycles. The van der Waals surface area contributed by atoms with Crippen molar-refractivity contribution in [2.75, 3.05) is 26.7 Å². The normalized spacial score (nSPS) is 20.3. The molecule has 0 radical (unpaired) electrons. The molecule has 0 aliphatic carbocycles. The van der Waals surface area contributed by atoms with Gasteiger partial charge in [0.25, 0.3) is 0 Å². The van der Waals surface area contributed by atoms with E-state index in [2.05, 4.69) is 23.2 Å². The van der Waals surface area contributed by atoms with Gasteiger partial charge in [0.2, 0.25) is 0 Å². The van der Waals surface area contributed by atoms with Gasteiger partial charge >= 0.3 is 0 Å². The van der Waals surface area contributed by atoms with Gasteiger partial charge in [-0.25, -0.2) is 0 Å². The van der Waals surface area contributed by atoms with E-state index in [9.17, 15) is 4.91 Å². The Morgan fingerprint density at radius 1 is 1.80 bits per heavy atom. The number of nitrogens with zero attached hydrogens (tertiary/aromatic N) is 2. The van der Waals surface area contributed by atoms with Crippen LogP contribution in [0.1, 0.15) is 6.42 Å². The summed E-state index contributed by atoms with van der Waals surface area (Å²) < 4.78 is 0. The first-order valence-corrected chi connectivity index (χ1v) is 3.48. The van der Waals surface area contributed by atoms with Crippen molar-refractivity contribution in [3.05, 3.63) is 16.6 Å². The maximum absolute atomic E-state index is 9.87. The van der Waals surface area contributed by atoms with E-state index in [0.717, 1.165) is 25.1 Å². The van der Waals surface area contributed by atoms with Gasteiger partial charge in [-0.1, -0.05) is 11.3 Å². The molecule has 0 aromatic carbocycles. The van der Waals surface area contributed by atoms with Crippen molar-refractivity contribution in [2.45, 2.75) is 6.42 Å². The van der Waals surface area contributed by atoms with Crippen molar-refractivity contribution in [3.63, 3.8) is 0 Å². The highest BCUT2D eigenvalue weighted by Gasteiger charge is 2.07. The smallest absolute Gasteiger partial charge is 0.103 e. The van der Waals surface area contributed by atoms with Gasteiger partial charge in [0.1, 0.15) is 6.54 Å². The predicted molar refractivity (Wildman–Crippen MR) is 40.9 cm³/mol. The lowest BCUT2D eigenvalue weighted by Gasteiger charge is -2.21. The van der Waals surface area contributed by atoms with Crippen molar-refractivity contribution in [3.8, 4) is 0 Å². The Morgan fingerprint density at radius 3 is 3.20 bits per heavy atom. The van der Waals surface area contributed by atoms with Crippen molar-refractivity contribution in [2.24, 2.45) is 5.18 Å². The molecule has 0 amide bonds. The molecule has 0 N–H and O–H groups in total. The summed E-state index contributed by atoms with van der Waals surface area (Å²) in [6.07, 6.45) is 3.17. The van der Waals surface area contributed by atoms with Gasteiger partial charge in [-0.3, -0.25) is 0 Å². The van der Waals surface area contributed by atoms with E-state index in [4.69, 9.17) is 0 Å². The standard InChI is InChI=1S/C7H12N2O/c1-9-4-2-3-7(6-9)5-8-10/h3H,2,4-6H2,1H3. The molecular formula is C7H12N2O. The third-order valence-corrected chi connectivity index (χ3v) is 1.68. The van der Waals surface area contributed by atoms with Gasteiger partial charge in [0, 0.05) is 13.1 Å². The lowest BCUT2D eigenvalue weighted by Crippen LogP contribution is -2.26. The van der Waals surface area contributed by atoms with E-state index in [-0.39, 0.29) is 0 Å². The van der Waals surface area contributed by atoms with Crippen molar-refractivity contribution >= 4 is 0 Å². The quantitative estimate of drug-likeness (QED) is 0.423. The second-order valence-electron chi connectivity index (χ2n) is 2.68. The summed E-state index contributed by atoms with van der Waals surface area (Å²) in [7, 11) is 2.05. The second kappa shape index (κ2) is 3.46. The molecule has 0 bridgehead atoms. The van der Waals surface area contributed by atoms with E-state index < -0.39 is 0 Å². The maximum Gasteiger partial charge on any atom is 0.103 e. The van der Waals surface area contributed by atoms with Crippen LogP contribution >= 0.6 is 0 Å². The van der Waals surface area contributed by atoms with Crippen LogP contribution in [-0.2, 0) is 0 Å². The van der Waals surface area contributed by atoms with Gasteiger partial charge in [0.15, 0.2) is 0 Å². The Morgan fingerprint density at radius 2 is 2.60 bits per heavy atom. The first-order chi connectivity index (χ1) is 4.83. The predicted octanol–water partition coefficient (Wildman–Crippen LogP) is 1.01. The highest BCUT2D eigenvalue weighted by Crippen LogP contribution is 2.06. The van der Waals surface area contributed by atoms with Crippen LogP contribution < -0.4 is 0 Å². The van der Waals surface area contributed by atoms with E-state index in [1.807, 2.05) is 0 Å². The first kappa shape index (κ1) is 7.41. The topological polar surface area (TPSA) is 32.7 Å². The monoisotopic (exact) mass is 140 g/mol. The summed E-state index contributed by atoms with van der Waals surface area (Å²) in [5.74, 6) is 0. The summed E-state index contributed by atoms with van der Waals surface area (Å²) in [5, 5.41) is 2.85. The molecular weight excluding hydrogens is 128 g/mol. The van der Waals surface area contributed by atoms with E-state index in [1.165, 1.54) is 0 Å². The zero-order valence-electron chi connectivity index (χ0n) is 6.21. The van der Waals surface area contributed by atoms with Crippen LogP contribution in [-0.4, -0.2) is 31.6 Å². The molecule has 1 aliphatic rings. The highest BCUT2D eigenvalue weighted by atomic mass is 16.3. The molecule has 0 saturated heterocycles. The molecule has 0 aromatic rings. The number of hydrogen-bond donors (Lipinski definition) is 0. The Hall–Kier alpha value is -0.700. The summed E-state index contributed by atoms with van der Waals surface area (Å²) >= 11 is 0. The Balaban J connectivity index is 2.43. The molecule has 0 spiro atoms. The third kappa shape index (κ3) is 1.92. The molecule has 0 unspecified atom stereocenters. The van der Waals surface area contributed by atoms with Crippen LogP contribution in [0.15, 0.2) is 16.8 Å². The number of hydrogen-bond acceptors (Lipinski definition) is 3. The minimum atomic E-state index is 0.365. The zero-order chi connectivity index (χ0) is 7.40. The zero-order valence-corrected chi connectivity index (χ0v) is 6.21. The highest BCUT2D eigenvalue weighted by molar-refractivity contribution is 5.09. The third-order valence-electron chi connectivity index (χ3n) is 1.68. The van der Waals surface area contributed by atoms with Crippen LogP contribution in [0.3, 0.4) is 0 Å². The van der Waals surface area contributed by atoms with E-state index in [1.54, 1.807) is 0 Å². The van der Waals surface area contributed by atoms with E-state index in [0.29, 0.717) is 6.54 Å². The van der Waals surface area contributed by atoms with Crippen LogP contribution in [0.2, 0.25) is 0 Å². The van der Waals surface area contributed by atoms with Crippen LogP contribution in [0.4, 0.5) is 0 Å². The van der Waals surface area contributed by atoms with Crippen molar-refractivity contribution in [1.82, 2.24) is 4.90 Å². The van der Waals surface area contributed by atoms with Gasteiger partial charge < -0.3 is 4.90 Å². The molecule has 1 rings (SSSR count). The molecule has 0 fully saturated rings. The number of rotatable bonds is 2. The van der Waals surface area contributed by atoms with Gasteiger partial charge in [-0.15, -0.1) is 0 Å². The molecule has 3 heteroatoms. The summed E-state index contributed by atoms with van der Waals surface area (Å²) in [5.41, 5.74) is 1.16. The average molecular weight is 140 g/mol. The van der Waals surface area contributed by atoms with Crippen molar-refractivity contribution in [1.29, 1.82) is 0 Å². The molecule has 0 aromatic heterocycles. The van der Waals surface area contributed by atoms with Crippen molar-refractivity contribution < 1.29 is 0 Å². The average Bonchev–Trinajstić information content (AvgIpc) is 1.88. The molecule has 1 heterocycles.